The Balaban J connectivity index is 1.80. The number of rotatable bonds is 2. The van der Waals surface area contributed by atoms with E-state index in [1.54, 1.807) is 0 Å². The highest BCUT2D eigenvalue weighted by molar-refractivity contribution is 6.30. The first kappa shape index (κ1) is 12.9. The van der Waals surface area contributed by atoms with Crippen LogP contribution in [0.4, 0.5) is 0 Å². The van der Waals surface area contributed by atoms with E-state index < -0.39 is 0 Å². The first-order valence-electron chi connectivity index (χ1n) is 6.60. The van der Waals surface area contributed by atoms with Crippen molar-refractivity contribution in [3.05, 3.63) is 35.2 Å². The Morgan fingerprint density at radius 3 is 3.05 bits per heavy atom. The normalized spacial score (nSPS) is 25.0. The number of pyridine rings is 1. The van der Waals surface area contributed by atoms with Gasteiger partial charge in [-0.25, -0.2) is 4.98 Å². The molecule has 1 aliphatic rings. The molecule has 3 heterocycles. The van der Waals surface area contributed by atoms with E-state index in [4.69, 9.17) is 16.3 Å². The molecule has 0 aromatic carbocycles. The molecule has 0 radical (unpaired) electrons. The van der Waals surface area contributed by atoms with E-state index >= 15 is 0 Å². The lowest BCUT2D eigenvalue weighted by atomic mass is 10.2. The number of imidazole rings is 1. The number of morpholine rings is 1. The predicted molar refractivity (Wildman–Crippen MR) is 75.5 cm³/mol. The fourth-order valence-electron chi connectivity index (χ4n) is 2.49. The molecule has 0 amide bonds. The van der Waals surface area contributed by atoms with Gasteiger partial charge in [-0.05, 0) is 26.0 Å². The molecule has 1 saturated heterocycles. The monoisotopic (exact) mass is 279 g/mol. The highest BCUT2D eigenvalue weighted by Gasteiger charge is 2.23. The lowest BCUT2D eigenvalue weighted by Crippen LogP contribution is -2.46. The van der Waals surface area contributed by atoms with Crippen LogP contribution in [0.1, 0.15) is 19.5 Å². The molecule has 0 spiro atoms. The molecule has 19 heavy (non-hydrogen) atoms. The summed E-state index contributed by atoms with van der Waals surface area (Å²) >= 11 is 5.99. The van der Waals surface area contributed by atoms with Crippen molar-refractivity contribution in [2.75, 3.05) is 13.2 Å². The molecule has 0 bridgehead atoms. The number of aromatic nitrogens is 2. The minimum atomic E-state index is 0.294. The third-order valence-electron chi connectivity index (χ3n) is 3.57. The van der Waals surface area contributed by atoms with Gasteiger partial charge in [0.2, 0.25) is 0 Å². The molecule has 2 aromatic rings. The van der Waals surface area contributed by atoms with Crippen LogP contribution < -0.4 is 0 Å². The number of ether oxygens (including phenoxy) is 1. The summed E-state index contributed by atoms with van der Waals surface area (Å²) in [5.74, 6) is 0. The molecule has 3 rings (SSSR count). The first-order chi connectivity index (χ1) is 9.11. The molecule has 2 aromatic heterocycles. The minimum absolute atomic E-state index is 0.294. The molecule has 4 nitrogen and oxygen atoms in total. The molecule has 0 saturated carbocycles. The first-order valence-corrected chi connectivity index (χ1v) is 6.98. The Labute approximate surface area is 117 Å². The molecule has 1 fully saturated rings. The zero-order valence-electron chi connectivity index (χ0n) is 11.2. The zero-order valence-corrected chi connectivity index (χ0v) is 12.0. The van der Waals surface area contributed by atoms with Crippen LogP contribution in [0.5, 0.6) is 0 Å². The fourth-order valence-corrected chi connectivity index (χ4v) is 2.66. The average molecular weight is 280 g/mol. The van der Waals surface area contributed by atoms with Crippen LogP contribution in [-0.4, -0.2) is 39.6 Å². The summed E-state index contributed by atoms with van der Waals surface area (Å²) in [7, 11) is 0. The predicted octanol–water partition coefficient (Wildman–Crippen LogP) is 2.60. The van der Waals surface area contributed by atoms with Crippen molar-refractivity contribution in [1.29, 1.82) is 0 Å². The summed E-state index contributed by atoms with van der Waals surface area (Å²) in [6.45, 7) is 6.91. The van der Waals surface area contributed by atoms with E-state index in [0.29, 0.717) is 12.1 Å². The maximum absolute atomic E-state index is 5.99. The van der Waals surface area contributed by atoms with Gasteiger partial charge < -0.3 is 9.14 Å². The van der Waals surface area contributed by atoms with Crippen LogP contribution >= 0.6 is 11.6 Å². The topological polar surface area (TPSA) is 29.8 Å². The van der Waals surface area contributed by atoms with Crippen LogP contribution in [0.3, 0.4) is 0 Å². The summed E-state index contributed by atoms with van der Waals surface area (Å²) in [5, 5.41) is 0.727. The highest BCUT2D eigenvalue weighted by Crippen LogP contribution is 2.17. The quantitative estimate of drug-likeness (QED) is 0.846. The summed E-state index contributed by atoms with van der Waals surface area (Å²) in [6.07, 6.45) is 4.23. The Morgan fingerprint density at radius 1 is 1.37 bits per heavy atom. The van der Waals surface area contributed by atoms with Crippen molar-refractivity contribution < 1.29 is 4.74 Å². The SMILES string of the molecule is C[C@H]1CN(Cc2cn3cc(Cl)ccc3n2)[C@@H](C)CO1. The van der Waals surface area contributed by atoms with Gasteiger partial charge in [-0.3, -0.25) is 4.90 Å². The van der Waals surface area contributed by atoms with Crippen LogP contribution in [0.2, 0.25) is 5.02 Å². The van der Waals surface area contributed by atoms with Crippen molar-refractivity contribution >= 4 is 17.2 Å². The fraction of sp³-hybridized carbons (Fsp3) is 0.500. The summed E-state index contributed by atoms with van der Waals surface area (Å²) in [4.78, 5) is 7.04. The molecule has 0 N–H and O–H groups in total. The van der Waals surface area contributed by atoms with Gasteiger partial charge in [0, 0.05) is 31.5 Å². The van der Waals surface area contributed by atoms with Gasteiger partial charge >= 0.3 is 0 Å². The third kappa shape index (κ3) is 2.76. The van der Waals surface area contributed by atoms with Crippen molar-refractivity contribution in [3.8, 4) is 0 Å². The molecular formula is C14H18ClN3O. The molecule has 102 valence electrons. The standard InChI is InChI=1S/C14H18ClN3O/c1-10-9-19-11(2)5-17(10)7-13-8-18-6-12(15)3-4-14(18)16-13/h3-4,6,8,10-11H,5,7,9H2,1-2H3/t10-,11-/m0/s1. The maximum atomic E-state index is 5.99. The Bertz CT molecular complexity index is 583. The summed E-state index contributed by atoms with van der Waals surface area (Å²) < 4.78 is 7.63. The van der Waals surface area contributed by atoms with Crippen LogP contribution in [0.25, 0.3) is 5.65 Å². The number of hydrogen-bond donors (Lipinski definition) is 0. The molecule has 1 aliphatic heterocycles. The van der Waals surface area contributed by atoms with Gasteiger partial charge in [0.15, 0.2) is 0 Å². The van der Waals surface area contributed by atoms with Gasteiger partial charge in [-0.1, -0.05) is 11.6 Å². The van der Waals surface area contributed by atoms with Gasteiger partial charge in [-0.2, -0.15) is 0 Å². The Morgan fingerprint density at radius 2 is 2.21 bits per heavy atom. The van der Waals surface area contributed by atoms with E-state index in [1.807, 2.05) is 28.9 Å². The van der Waals surface area contributed by atoms with Crippen molar-refractivity contribution in [3.63, 3.8) is 0 Å². The molecule has 2 atom stereocenters. The van der Waals surface area contributed by atoms with E-state index in [0.717, 1.165) is 36.1 Å². The number of fused-ring (bicyclic) bond motifs is 1. The average Bonchev–Trinajstić information content (AvgIpc) is 2.75. The van der Waals surface area contributed by atoms with Gasteiger partial charge in [0.05, 0.1) is 23.4 Å². The van der Waals surface area contributed by atoms with E-state index in [2.05, 4.69) is 23.7 Å². The summed E-state index contributed by atoms with van der Waals surface area (Å²) in [5.41, 5.74) is 2.01. The second kappa shape index (κ2) is 5.12. The van der Waals surface area contributed by atoms with Crippen LogP contribution in [-0.2, 0) is 11.3 Å². The molecule has 5 heteroatoms. The molecular weight excluding hydrogens is 262 g/mol. The second-order valence-electron chi connectivity index (χ2n) is 5.27. The van der Waals surface area contributed by atoms with Crippen molar-refractivity contribution in [2.45, 2.75) is 32.5 Å². The van der Waals surface area contributed by atoms with E-state index in [1.165, 1.54) is 0 Å². The largest absolute Gasteiger partial charge is 0.376 e. The number of nitrogens with zero attached hydrogens (tertiary/aromatic N) is 3. The number of halogens is 1. The Kier molecular flexibility index (Phi) is 3.48. The van der Waals surface area contributed by atoms with E-state index in [9.17, 15) is 0 Å². The van der Waals surface area contributed by atoms with Gasteiger partial charge in [0.25, 0.3) is 0 Å². The zero-order chi connectivity index (χ0) is 13.4. The van der Waals surface area contributed by atoms with Crippen molar-refractivity contribution in [2.24, 2.45) is 0 Å². The third-order valence-corrected chi connectivity index (χ3v) is 3.79. The number of hydrogen-bond acceptors (Lipinski definition) is 3. The lowest BCUT2D eigenvalue weighted by Gasteiger charge is -2.36. The Hall–Kier alpha value is -1.10. The molecule has 0 unspecified atom stereocenters. The minimum Gasteiger partial charge on any atom is -0.376 e. The van der Waals surface area contributed by atoms with Crippen LogP contribution in [0.15, 0.2) is 24.5 Å². The van der Waals surface area contributed by atoms with Crippen molar-refractivity contribution in [1.82, 2.24) is 14.3 Å². The van der Waals surface area contributed by atoms with Gasteiger partial charge in [-0.15, -0.1) is 0 Å². The highest BCUT2D eigenvalue weighted by atomic mass is 35.5. The van der Waals surface area contributed by atoms with Gasteiger partial charge in [0.1, 0.15) is 5.65 Å². The van der Waals surface area contributed by atoms with E-state index in [-0.39, 0.29) is 0 Å². The smallest absolute Gasteiger partial charge is 0.137 e. The van der Waals surface area contributed by atoms with Crippen LogP contribution in [0, 0.1) is 0 Å². The second-order valence-corrected chi connectivity index (χ2v) is 5.70. The summed E-state index contributed by atoms with van der Waals surface area (Å²) in [6, 6.07) is 4.24. The molecule has 0 aliphatic carbocycles. The lowest BCUT2D eigenvalue weighted by molar-refractivity contribution is -0.0530. The maximum Gasteiger partial charge on any atom is 0.137 e.